The van der Waals surface area contributed by atoms with E-state index in [0.29, 0.717) is 23.5 Å². The van der Waals surface area contributed by atoms with E-state index >= 15 is 0 Å². The first kappa shape index (κ1) is 14.9. The first-order chi connectivity index (χ1) is 9.01. The maximum atomic E-state index is 10.9. The third-order valence-electron chi connectivity index (χ3n) is 2.37. The van der Waals surface area contributed by atoms with E-state index < -0.39 is 5.97 Å². The Balaban J connectivity index is 2.82. The maximum absolute atomic E-state index is 10.9. The summed E-state index contributed by atoms with van der Waals surface area (Å²) in [7, 11) is 0. The van der Waals surface area contributed by atoms with Crippen molar-refractivity contribution in [1.29, 1.82) is 0 Å². The second-order valence-corrected chi connectivity index (χ2v) is 4.23. The van der Waals surface area contributed by atoms with Crippen LogP contribution in [0.15, 0.2) is 29.3 Å². The van der Waals surface area contributed by atoms with Crippen molar-refractivity contribution in [3.63, 3.8) is 0 Å². The predicted molar refractivity (Wildman–Crippen MR) is 75.0 cm³/mol. The lowest BCUT2D eigenvalue weighted by atomic mass is 10.1. The van der Waals surface area contributed by atoms with Crippen LogP contribution < -0.4 is 5.32 Å². The number of nitrogens with zero attached hydrogens (tertiary/aromatic N) is 1. The van der Waals surface area contributed by atoms with Crippen LogP contribution in [0.4, 0.5) is 11.4 Å². The highest BCUT2D eigenvalue weighted by atomic mass is 16.4. The number of amides is 1. The number of hydrogen-bond donors (Lipinski definition) is 2. The minimum atomic E-state index is -0.873. The minimum absolute atomic E-state index is 0.0404. The number of benzene rings is 1. The molecule has 1 aromatic carbocycles. The average Bonchev–Trinajstić information content (AvgIpc) is 2.30. The fraction of sp³-hybridized carbons (Fsp3) is 0.357. The number of hydrogen-bond acceptors (Lipinski definition) is 3. The number of aliphatic carboxylic acids is 1. The standard InChI is InChI=1S/C14H18N2O3/c1-3-4-13(9-14(18)19)16-12-7-5-11(6-8-12)15-10(2)17/h5-8H,3-4,9H2,1-2H3,(H,15,17)(H,18,19). The van der Waals surface area contributed by atoms with E-state index in [2.05, 4.69) is 10.3 Å². The highest BCUT2D eigenvalue weighted by molar-refractivity contribution is 5.99. The zero-order valence-corrected chi connectivity index (χ0v) is 11.1. The summed E-state index contributed by atoms with van der Waals surface area (Å²) >= 11 is 0. The van der Waals surface area contributed by atoms with E-state index in [-0.39, 0.29) is 12.3 Å². The molecule has 0 unspecified atom stereocenters. The van der Waals surface area contributed by atoms with Crippen molar-refractivity contribution in [1.82, 2.24) is 0 Å². The number of carboxylic acid groups (broad SMARTS) is 1. The van der Waals surface area contributed by atoms with E-state index in [4.69, 9.17) is 5.11 Å². The van der Waals surface area contributed by atoms with Gasteiger partial charge in [0.2, 0.25) is 5.91 Å². The van der Waals surface area contributed by atoms with Gasteiger partial charge in [0, 0.05) is 18.3 Å². The molecule has 1 rings (SSSR count). The van der Waals surface area contributed by atoms with Crippen LogP contribution in [0.5, 0.6) is 0 Å². The number of carbonyl (C=O) groups excluding carboxylic acids is 1. The van der Waals surface area contributed by atoms with Gasteiger partial charge in [0.25, 0.3) is 0 Å². The highest BCUT2D eigenvalue weighted by Crippen LogP contribution is 2.18. The smallest absolute Gasteiger partial charge is 0.309 e. The molecule has 0 bridgehead atoms. The molecule has 0 saturated carbocycles. The van der Waals surface area contributed by atoms with E-state index in [1.54, 1.807) is 24.3 Å². The van der Waals surface area contributed by atoms with Gasteiger partial charge in [0.05, 0.1) is 12.1 Å². The van der Waals surface area contributed by atoms with Gasteiger partial charge in [-0.05, 0) is 30.7 Å². The molecular formula is C14H18N2O3. The van der Waals surface area contributed by atoms with Crippen LogP contribution in [0.3, 0.4) is 0 Å². The van der Waals surface area contributed by atoms with Crippen molar-refractivity contribution in [3.05, 3.63) is 24.3 Å². The average molecular weight is 262 g/mol. The van der Waals surface area contributed by atoms with Crippen LogP contribution in [0.25, 0.3) is 0 Å². The van der Waals surface area contributed by atoms with Gasteiger partial charge in [-0.1, -0.05) is 13.3 Å². The summed E-state index contributed by atoms with van der Waals surface area (Å²) in [6.07, 6.45) is 1.48. The SMILES string of the molecule is CCCC(CC(=O)O)=Nc1ccc(NC(C)=O)cc1. The Morgan fingerprint density at radius 2 is 1.89 bits per heavy atom. The van der Waals surface area contributed by atoms with Crippen LogP contribution in [0.2, 0.25) is 0 Å². The van der Waals surface area contributed by atoms with Gasteiger partial charge in [-0.3, -0.25) is 14.6 Å². The molecule has 19 heavy (non-hydrogen) atoms. The fourth-order valence-electron chi connectivity index (χ4n) is 1.65. The second-order valence-electron chi connectivity index (χ2n) is 4.23. The van der Waals surface area contributed by atoms with Crippen LogP contribution in [0.1, 0.15) is 33.1 Å². The summed E-state index contributed by atoms with van der Waals surface area (Å²) in [5.74, 6) is -1.00. The third-order valence-corrected chi connectivity index (χ3v) is 2.37. The molecule has 0 heterocycles. The summed E-state index contributed by atoms with van der Waals surface area (Å²) < 4.78 is 0. The number of nitrogens with one attached hydrogen (secondary N) is 1. The number of rotatable bonds is 6. The molecule has 0 saturated heterocycles. The Labute approximate surface area is 112 Å². The highest BCUT2D eigenvalue weighted by Gasteiger charge is 2.05. The number of aliphatic imine (C=N–C) groups is 1. The van der Waals surface area contributed by atoms with E-state index in [9.17, 15) is 9.59 Å². The Hall–Kier alpha value is -2.17. The van der Waals surface area contributed by atoms with E-state index in [0.717, 1.165) is 6.42 Å². The summed E-state index contributed by atoms with van der Waals surface area (Å²) in [5, 5.41) is 11.5. The maximum Gasteiger partial charge on any atom is 0.309 e. The predicted octanol–water partition coefficient (Wildman–Crippen LogP) is 2.99. The molecule has 2 N–H and O–H groups in total. The van der Waals surface area contributed by atoms with Crippen LogP contribution >= 0.6 is 0 Å². The van der Waals surface area contributed by atoms with Crippen molar-refractivity contribution >= 4 is 29.0 Å². The molecule has 0 aliphatic rings. The van der Waals surface area contributed by atoms with Crippen LogP contribution in [-0.2, 0) is 9.59 Å². The molecule has 0 aromatic heterocycles. The summed E-state index contributed by atoms with van der Waals surface area (Å²) in [6.45, 7) is 3.43. The normalized spacial score (nSPS) is 11.2. The molecule has 1 amide bonds. The zero-order chi connectivity index (χ0) is 14.3. The van der Waals surface area contributed by atoms with E-state index in [1.165, 1.54) is 6.92 Å². The van der Waals surface area contributed by atoms with Gasteiger partial charge >= 0.3 is 5.97 Å². The summed E-state index contributed by atoms with van der Waals surface area (Å²) in [6, 6.07) is 6.99. The zero-order valence-electron chi connectivity index (χ0n) is 11.1. The fourth-order valence-corrected chi connectivity index (χ4v) is 1.65. The Morgan fingerprint density at radius 1 is 1.26 bits per heavy atom. The molecule has 5 nitrogen and oxygen atoms in total. The van der Waals surface area contributed by atoms with E-state index in [1.807, 2.05) is 6.92 Å². The third kappa shape index (κ3) is 5.81. The lowest BCUT2D eigenvalue weighted by Crippen LogP contribution is -2.06. The molecule has 5 heteroatoms. The number of carboxylic acids is 1. The van der Waals surface area contributed by atoms with Crippen LogP contribution in [-0.4, -0.2) is 22.7 Å². The molecule has 0 radical (unpaired) electrons. The first-order valence-corrected chi connectivity index (χ1v) is 6.17. The largest absolute Gasteiger partial charge is 0.481 e. The van der Waals surface area contributed by atoms with Gasteiger partial charge < -0.3 is 10.4 Å². The van der Waals surface area contributed by atoms with Gasteiger partial charge in [0.15, 0.2) is 0 Å². The van der Waals surface area contributed by atoms with Crippen molar-refractivity contribution < 1.29 is 14.7 Å². The summed E-state index contributed by atoms with van der Waals surface area (Å²) in [4.78, 5) is 25.9. The number of carbonyl (C=O) groups is 2. The molecule has 0 fully saturated rings. The topological polar surface area (TPSA) is 78.8 Å². The quantitative estimate of drug-likeness (QED) is 0.773. The van der Waals surface area contributed by atoms with Crippen LogP contribution in [0, 0.1) is 0 Å². The van der Waals surface area contributed by atoms with Gasteiger partial charge in [-0.2, -0.15) is 0 Å². The monoisotopic (exact) mass is 262 g/mol. The van der Waals surface area contributed by atoms with Crippen molar-refractivity contribution in [3.8, 4) is 0 Å². The lowest BCUT2D eigenvalue weighted by molar-refractivity contribution is -0.135. The Bertz CT molecular complexity index is 478. The van der Waals surface area contributed by atoms with Crippen molar-refractivity contribution in [2.24, 2.45) is 4.99 Å². The molecule has 1 aromatic rings. The van der Waals surface area contributed by atoms with Crippen molar-refractivity contribution in [2.75, 3.05) is 5.32 Å². The molecule has 0 atom stereocenters. The molecular weight excluding hydrogens is 244 g/mol. The van der Waals surface area contributed by atoms with Gasteiger partial charge in [-0.15, -0.1) is 0 Å². The van der Waals surface area contributed by atoms with Gasteiger partial charge in [0.1, 0.15) is 0 Å². The Kier molecular flexibility index (Phi) is 5.73. The molecule has 0 aliphatic carbocycles. The minimum Gasteiger partial charge on any atom is -0.481 e. The Morgan fingerprint density at radius 3 is 2.37 bits per heavy atom. The molecule has 0 aliphatic heterocycles. The summed E-state index contributed by atoms with van der Waals surface area (Å²) in [5.41, 5.74) is 2.04. The van der Waals surface area contributed by atoms with Gasteiger partial charge in [-0.25, -0.2) is 0 Å². The lowest BCUT2D eigenvalue weighted by Gasteiger charge is -2.04. The molecule has 102 valence electrons. The first-order valence-electron chi connectivity index (χ1n) is 6.17. The molecule has 0 spiro atoms. The number of anilines is 1. The van der Waals surface area contributed by atoms with Crippen molar-refractivity contribution in [2.45, 2.75) is 33.1 Å². The second kappa shape index (κ2) is 7.31.